The lowest BCUT2D eigenvalue weighted by Crippen LogP contribution is -2.54. The number of carbonyl (C=O) groups excluding carboxylic acids is 3. The summed E-state index contributed by atoms with van der Waals surface area (Å²) < 4.78 is 7.90. The number of aryl methyl sites for hydroxylation is 1. The van der Waals surface area contributed by atoms with E-state index in [1.54, 1.807) is 12.1 Å². The van der Waals surface area contributed by atoms with Crippen LogP contribution in [0.2, 0.25) is 0 Å². The molecule has 36 heavy (non-hydrogen) atoms. The molecule has 0 spiro atoms. The molecule has 0 bridgehead atoms. The number of anilines is 1. The first-order chi connectivity index (χ1) is 17.2. The summed E-state index contributed by atoms with van der Waals surface area (Å²) in [5.74, 6) is -0.711. The highest BCUT2D eigenvalue weighted by molar-refractivity contribution is 14.1. The highest BCUT2D eigenvalue weighted by Gasteiger charge is 2.37. The number of hydrogen-bond acceptors (Lipinski definition) is 4. The van der Waals surface area contributed by atoms with Gasteiger partial charge in [-0.25, -0.2) is 9.69 Å². The Morgan fingerprint density at radius 2 is 1.81 bits per heavy atom. The van der Waals surface area contributed by atoms with Crippen LogP contribution in [0.1, 0.15) is 34.7 Å². The van der Waals surface area contributed by atoms with Gasteiger partial charge in [0, 0.05) is 20.0 Å². The maximum Gasteiger partial charge on any atom is 0.335 e. The van der Waals surface area contributed by atoms with Crippen molar-refractivity contribution in [3.63, 3.8) is 0 Å². The molecule has 1 aliphatic rings. The van der Waals surface area contributed by atoms with Gasteiger partial charge in [0.25, 0.3) is 11.8 Å². The van der Waals surface area contributed by atoms with Crippen molar-refractivity contribution in [2.24, 2.45) is 0 Å². The first-order valence-corrected chi connectivity index (χ1v) is 13.2. The summed E-state index contributed by atoms with van der Waals surface area (Å²) in [7, 11) is 0. The second kappa shape index (κ2) is 11.0. The maximum absolute atomic E-state index is 13.4. The summed E-state index contributed by atoms with van der Waals surface area (Å²) >= 11 is 5.85. The van der Waals surface area contributed by atoms with E-state index in [0.29, 0.717) is 30.0 Å². The predicted octanol–water partition coefficient (Wildman–Crippen LogP) is 6.33. The summed E-state index contributed by atoms with van der Waals surface area (Å²) in [4.78, 5) is 39.8. The molecule has 0 radical (unpaired) electrons. The fourth-order valence-corrected chi connectivity index (χ4v) is 5.26. The van der Waals surface area contributed by atoms with Crippen molar-refractivity contribution in [3.05, 3.63) is 96.0 Å². The Morgan fingerprint density at radius 1 is 1.06 bits per heavy atom. The van der Waals surface area contributed by atoms with Crippen molar-refractivity contribution in [3.8, 4) is 5.75 Å². The number of rotatable bonds is 6. The molecule has 4 rings (SSSR count). The number of nitrogens with one attached hydrogen (secondary N) is 1. The molecule has 0 atom stereocenters. The number of hydrogen-bond donors (Lipinski definition) is 1. The Morgan fingerprint density at radius 3 is 2.53 bits per heavy atom. The molecule has 8 heteroatoms. The monoisotopic (exact) mass is 658 g/mol. The number of ether oxygens (including phenoxy) is 1. The molecule has 184 valence electrons. The minimum atomic E-state index is -0.760. The van der Waals surface area contributed by atoms with Crippen molar-refractivity contribution >= 4 is 68.1 Å². The van der Waals surface area contributed by atoms with Gasteiger partial charge < -0.3 is 4.74 Å². The molecule has 3 aromatic carbocycles. The van der Waals surface area contributed by atoms with E-state index in [4.69, 9.17) is 4.74 Å². The molecule has 1 heterocycles. The third-order valence-corrected chi connectivity index (χ3v) is 7.77. The summed E-state index contributed by atoms with van der Waals surface area (Å²) in [6.07, 6.45) is 2.16. The van der Waals surface area contributed by atoms with Crippen LogP contribution in [-0.2, 0) is 16.0 Å². The van der Waals surface area contributed by atoms with Crippen molar-refractivity contribution in [1.82, 2.24) is 5.32 Å². The summed E-state index contributed by atoms with van der Waals surface area (Å²) in [6, 6.07) is 16.3. The molecule has 1 fully saturated rings. The molecule has 0 unspecified atom stereocenters. The zero-order chi connectivity index (χ0) is 26.0. The van der Waals surface area contributed by atoms with Gasteiger partial charge in [0.15, 0.2) is 0 Å². The predicted molar refractivity (Wildman–Crippen MR) is 152 cm³/mol. The van der Waals surface area contributed by atoms with Crippen LogP contribution in [0.15, 0.2) is 64.6 Å². The number of urea groups is 1. The van der Waals surface area contributed by atoms with E-state index in [1.165, 1.54) is 6.08 Å². The first-order valence-electron chi connectivity index (χ1n) is 11.4. The maximum atomic E-state index is 13.4. The zero-order valence-corrected chi connectivity index (χ0v) is 23.8. The molecular weight excluding hydrogens is 635 g/mol. The molecule has 1 N–H and O–H groups in total. The van der Waals surface area contributed by atoms with Crippen LogP contribution in [0.4, 0.5) is 10.5 Å². The van der Waals surface area contributed by atoms with Gasteiger partial charge in [0.05, 0.1) is 12.3 Å². The van der Waals surface area contributed by atoms with Crippen LogP contribution < -0.4 is 15.0 Å². The molecule has 0 saturated carbocycles. The van der Waals surface area contributed by atoms with Crippen molar-refractivity contribution < 1.29 is 19.1 Å². The van der Waals surface area contributed by atoms with Crippen LogP contribution >= 0.6 is 38.5 Å². The van der Waals surface area contributed by atoms with E-state index in [9.17, 15) is 14.4 Å². The van der Waals surface area contributed by atoms with Crippen molar-refractivity contribution in [1.29, 1.82) is 0 Å². The molecule has 1 saturated heterocycles. The van der Waals surface area contributed by atoms with Gasteiger partial charge in [-0.2, -0.15) is 0 Å². The Kier molecular flexibility index (Phi) is 7.94. The minimum absolute atomic E-state index is 0.118. The largest absolute Gasteiger partial charge is 0.494 e. The fourth-order valence-electron chi connectivity index (χ4n) is 4.02. The Balaban J connectivity index is 1.75. The lowest BCUT2D eigenvalue weighted by molar-refractivity contribution is -0.122. The second-order valence-corrected chi connectivity index (χ2v) is 10.4. The summed E-state index contributed by atoms with van der Waals surface area (Å²) in [5, 5.41) is 2.30. The summed E-state index contributed by atoms with van der Waals surface area (Å²) in [6.45, 7) is 6.12. The molecule has 4 amide bonds. The highest BCUT2D eigenvalue weighted by atomic mass is 127. The molecular formula is C28H24BrIN2O4. The third kappa shape index (κ3) is 5.24. The SMILES string of the molecule is CCOc1cc(/C=C2\C(=O)NC(=O)N(c3cccc(C)c3C)C2=O)cc(I)c1Cc1ccccc1Br. The lowest BCUT2D eigenvalue weighted by atomic mass is 10.00. The zero-order valence-electron chi connectivity index (χ0n) is 20.0. The van der Waals surface area contributed by atoms with Gasteiger partial charge in [-0.3, -0.25) is 14.9 Å². The quantitative estimate of drug-likeness (QED) is 0.191. The number of amides is 4. The molecule has 3 aromatic rings. The van der Waals surface area contributed by atoms with E-state index < -0.39 is 17.8 Å². The highest BCUT2D eigenvalue weighted by Crippen LogP contribution is 2.33. The van der Waals surface area contributed by atoms with Gasteiger partial charge in [-0.15, -0.1) is 0 Å². The minimum Gasteiger partial charge on any atom is -0.494 e. The normalized spacial score (nSPS) is 14.9. The van der Waals surface area contributed by atoms with E-state index >= 15 is 0 Å². The number of carbonyl (C=O) groups is 3. The van der Waals surface area contributed by atoms with E-state index in [1.807, 2.05) is 57.2 Å². The number of barbiturate groups is 1. The molecule has 1 aliphatic heterocycles. The number of nitrogens with zero attached hydrogens (tertiary/aromatic N) is 1. The van der Waals surface area contributed by atoms with Gasteiger partial charge in [-0.05, 0) is 96.0 Å². The molecule has 6 nitrogen and oxygen atoms in total. The topological polar surface area (TPSA) is 75.7 Å². The number of imide groups is 2. The Hall–Kier alpha value is -2.98. The van der Waals surface area contributed by atoms with Gasteiger partial charge >= 0.3 is 6.03 Å². The Labute approximate surface area is 232 Å². The summed E-state index contributed by atoms with van der Waals surface area (Å²) in [5.41, 5.74) is 4.82. The van der Waals surface area contributed by atoms with Gasteiger partial charge in [-0.1, -0.05) is 46.3 Å². The van der Waals surface area contributed by atoms with Crippen molar-refractivity contribution in [2.75, 3.05) is 11.5 Å². The fraction of sp³-hybridized carbons (Fsp3) is 0.179. The van der Waals surface area contributed by atoms with Crippen LogP contribution in [-0.4, -0.2) is 24.5 Å². The van der Waals surface area contributed by atoms with Crippen LogP contribution in [0, 0.1) is 17.4 Å². The van der Waals surface area contributed by atoms with Crippen LogP contribution in [0.5, 0.6) is 5.75 Å². The van der Waals surface area contributed by atoms with Gasteiger partial charge in [0.2, 0.25) is 0 Å². The van der Waals surface area contributed by atoms with E-state index in [2.05, 4.69) is 49.9 Å². The average Bonchev–Trinajstić information content (AvgIpc) is 2.83. The second-order valence-electron chi connectivity index (χ2n) is 8.36. The lowest BCUT2D eigenvalue weighted by Gasteiger charge is -2.28. The van der Waals surface area contributed by atoms with Crippen molar-refractivity contribution in [2.45, 2.75) is 27.2 Å². The first kappa shape index (κ1) is 26.1. The molecule has 0 aromatic heterocycles. The number of benzene rings is 3. The smallest absolute Gasteiger partial charge is 0.335 e. The standard InChI is InChI=1S/C28H24BrIN2O4/c1-4-36-25-14-18(13-23(30)20(25)15-19-9-5-6-10-22(19)29)12-21-26(33)31-28(35)32(27(21)34)24-11-7-8-16(2)17(24)3/h5-14H,4,15H2,1-3H3,(H,31,33,35)/b21-12+. The average molecular weight is 659 g/mol. The van der Waals surface area contributed by atoms with E-state index in [0.717, 1.165) is 35.2 Å². The van der Waals surface area contributed by atoms with Gasteiger partial charge in [0.1, 0.15) is 11.3 Å². The number of halogens is 2. The third-order valence-electron chi connectivity index (χ3n) is 6.03. The van der Waals surface area contributed by atoms with Crippen LogP contribution in [0.3, 0.4) is 0 Å². The molecule has 0 aliphatic carbocycles. The van der Waals surface area contributed by atoms with Crippen LogP contribution in [0.25, 0.3) is 6.08 Å². The van der Waals surface area contributed by atoms with E-state index in [-0.39, 0.29) is 5.57 Å². The Bertz CT molecular complexity index is 1420.